The highest BCUT2D eigenvalue weighted by Gasteiger charge is 2.16. The molecular weight excluding hydrogens is 256 g/mol. The lowest BCUT2D eigenvalue weighted by Gasteiger charge is -2.07. The van der Waals surface area contributed by atoms with Gasteiger partial charge < -0.3 is 9.84 Å². The van der Waals surface area contributed by atoms with Crippen molar-refractivity contribution in [2.45, 2.75) is 11.3 Å². The van der Waals surface area contributed by atoms with Gasteiger partial charge in [-0.15, -0.1) is 0 Å². The van der Waals surface area contributed by atoms with Gasteiger partial charge in [-0.2, -0.15) is 0 Å². The fourth-order valence-corrected chi connectivity index (χ4v) is 2.01. The molecule has 1 N–H and O–H groups in total. The molecule has 0 aliphatic carbocycles. The molecule has 0 amide bonds. The topological polar surface area (TPSA) is 80.7 Å². The van der Waals surface area contributed by atoms with Gasteiger partial charge in [0, 0.05) is 10.7 Å². The normalized spacial score (nSPS) is 11.1. The van der Waals surface area contributed by atoms with Crippen molar-refractivity contribution in [1.82, 2.24) is 0 Å². The summed E-state index contributed by atoms with van der Waals surface area (Å²) in [4.78, 5) is 10.1. The Morgan fingerprint density at radius 3 is 2.56 bits per heavy atom. The van der Waals surface area contributed by atoms with Crippen molar-refractivity contribution in [3.8, 4) is 5.75 Å². The van der Waals surface area contributed by atoms with E-state index in [2.05, 4.69) is 0 Å². The lowest BCUT2D eigenvalue weighted by molar-refractivity contribution is -0.137. The van der Waals surface area contributed by atoms with Gasteiger partial charge in [0.25, 0.3) is 9.05 Å². The van der Waals surface area contributed by atoms with Crippen LogP contribution in [-0.4, -0.2) is 26.1 Å². The predicted molar refractivity (Wildman–Crippen MR) is 57.2 cm³/mol. The largest absolute Gasteiger partial charge is 0.492 e. The standard InChI is InChI=1S/C9H9ClO5S/c10-16(13,14)8-4-2-1-3-7(8)15-6-5-9(11)12/h1-4H,5-6H2,(H,11,12). The van der Waals surface area contributed by atoms with E-state index in [0.717, 1.165) is 0 Å². The van der Waals surface area contributed by atoms with Crippen molar-refractivity contribution in [3.05, 3.63) is 24.3 Å². The highest BCUT2D eigenvalue weighted by atomic mass is 35.7. The fraction of sp³-hybridized carbons (Fsp3) is 0.222. The second kappa shape index (κ2) is 5.18. The van der Waals surface area contributed by atoms with E-state index in [4.69, 9.17) is 20.5 Å². The maximum Gasteiger partial charge on any atom is 0.306 e. The Bertz CT molecular complexity index is 482. The molecule has 0 bridgehead atoms. The van der Waals surface area contributed by atoms with Gasteiger partial charge in [-0.25, -0.2) is 8.42 Å². The van der Waals surface area contributed by atoms with E-state index in [1.54, 1.807) is 6.07 Å². The van der Waals surface area contributed by atoms with Crippen LogP contribution in [-0.2, 0) is 13.8 Å². The minimum atomic E-state index is -3.88. The molecule has 0 saturated carbocycles. The van der Waals surface area contributed by atoms with Crippen molar-refractivity contribution in [1.29, 1.82) is 0 Å². The Kier molecular flexibility index (Phi) is 4.14. The molecule has 5 nitrogen and oxygen atoms in total. The van der Waals surface area contributed by atoms with Gasteiger partial charge in [0.05, 0.1) is 13.0 Å². The average molecular weight is 265 g/mol. The quantitative estimate of drug-likeness (QED) is 0.815. The third-order valence-corrected chi connectivity index (χ3v) is 3.05. The number of hydrogen-bond donors (Lipinski definition) is 1. The summed E-state index contributed by atoms with van der Waals surface area (Å²) in [5.74, 6) is -0.968. The summed E-state index contributed by atoms with van der Waals surface area (Å²) in [5.41, 5.74) is 0. The Hall–Kier alpha value is -1.27. The van der Waals surface area contributed by atoms with Crippen LogP contribution in [0.5, 0.6) is 5.75 Å². The Balaban J connectivity index is 2.84. The fourth-order valence-electron chi connectivity index (χ4n) is 1.02. The van der Waals surface area contributed by atoms with Gasteiger partial charge in [0.2, 0.25) is 0 Å². The number of carboxylic acid groups (broad SMARTS) is 1. The molecule has 0 aliphatic rings. The zero-order valence-corrected chi connectivity index (χ0v) is 9.66. The van der Waals surface area contributed by atoms with Crippen LogP contribution >= 0.6 is 10.7 Å². The summed E-state index contributed by atoms with van der Waals surface area (Å²) in [5, 5.41) is 8.40. The molecule has 0 unspecified atom stereocenters. The molecule has 1 rings (SSSR count). The molecule has 0 atom stereocenters. The Labute approximate surface area is 97.0 Å². The zero-order chi connectivity index (χ0) is 12.2. The van der Waals surface area contributed by atoms with Gasteiger partial charge in [-0.1, -0.05) is 12.1 Å². The molecule has 0 spiro atoms. The summed E-state index contributed by atoms with van der Waals surface area (Å²) in [6.07, 6.45) is -0.212. The van der Waals surface area contributed by atoms with E-state index in [-0.39, 0.29) is 23.7 Å². The predicted octanol–water partition coefficient (Wildman–Crippen LogP) is 1.47. The average Bonchev–Trinajstić information content (AvgIpc) is 2.16. The van der Waals surface area contributed by atoms with Gasteiger partial charge in [-0.3, -0.25) is 4.79 Å². The number of rotatable bonds is 5. The number of para-hydroxylation sites is 1. The molecule has 0 radical (unpaired) electrons. The maximum absolute atomic E-state index is 11.1. The smallest absolute Gasteiger partial charge is 0.306 e. The van der Waals surface area contributed by atoms with E-state index >= 15 is 0 Å². The van der Waals surface area contributed by atoms with Crippen LogP contribution in [0.1, 0.15) is 6.42 Å². The highest BCUT2D eigenvalue weighted by molar-refractivity contribution is 8.13. The Morgan fingerprint density at radius 2 is 2.00 bits per heavy atom. The first-order valence-electron chi connectivity index (χ1n) is 4.29. The number of aliphatic carboxylic acids is 1. The van der Waals surface area contributed by atoms with Crippen LogP contribution in [0.2, 0.25) is 0 Å². The van der Waals surface area contributed by atoms with E-state index in [1.165, 1.54) is 18.2 Å². The first-order chi connectivity index (χ1) is 7.41. The maximum atomic E-state index is 11.1. The minimum absolute atomic E-state index is 0.0544. The number of hydrogen-bond acceptors (Lipinski definition) is 4. The van der Waals surface area contributed by atoms with Crippen LogP contribution < -0.4 is 4.74 Å². The molecule has 0 saturated heterocycles. The molecule has 0 heterocycles. The van der Waals surface area contributed by atoms with E-state index in [0.29, 0.717) is 0 Å². The van der Waals surface area contributed by atoms with Gasteiger partial charge in [0.15, 0.2) is 0 Å². The SMILES string of the molecule is O=C(O)CCOc1ccccc1S(=O)(=O)Cl. The number of benzene rings is 1. The summed E-state index contributed by atoms with van der Waals surface area (Å²) in [6.45, 7) is -0.112. The molecule has 16 heavy (non-hydrogen) atoms. The molecular formula is C9H9ClO5S. The molecule has 0 fully saturated rings. The van der Waals surface area contributed by atoms with Crippen LogP contribution in [0, 0.1) is 0 Å². The van der Waals surface area contributed by atoms with Crippen molar-refractivity contribution in [2.75, 3.05) is 6.61 Å². The first kappa shape index (κ1) is 12.8. The van der Waals surface area contributed by atoms with Crippen LogP contribution in [0.4, 0.5) is 0 Å². The first-order valence-corrected chi connectivity index (χ1v) is 6.60. The highest BCUT2D eigenvalue weighted by Crippen LogP contribution is 2.26. The van der Waals surface area contributed by atoms with Crippen molar-refractivity contribution < 1.29 is 23.1 Å². The number of carboxylic acids is 1. The Morgan fingerprint density at radius 1 is 1.38 bits per heavy atom. The third kappa shape index (κ3) is 3.71. The van der Waals surface area contributed by atoms with Crippen LogP contribution in [0.15, 0.2) is 29.2 Å². The molecule has 1 aromatic rings. The molecule has 88 valence electrons. The van der Waals surface area contributed by atoms with Gasteiger partial charge in [-0.05, 0) is 12.1 Å². The molecule has 0 aromatic heterocycles. The van der Waals surface area contributed by atoms with Crippen molar-refractivity contribution >= 4 is 25.7 Å². The number of halogens is 1. The van der Waals surface area contributed by atoms with Crippen LogP contribution in [0.3, 0.4) is 0 Å². The van der Waals surface area contributed by atoms with Crippen molar-refractivity contribution in [3.63, 3.8) is 0 Å². The van der Waals surface area contributed by atoms with Crippen molar-refractivity contribution in [2.24, 2.45) is 0 Å². The van der Waals surface area contributed by atoms with E-state index in [9.17, 15) is 13.2 Å². The lowest BCUT2D eigenvalue weighted by atomic mass is 10.3. The second-order valence-corrected chi connectivity index (χ2v) is 5.41. The summed E-state index contributed by atoms with van der Waals surface area (Å²) in [7, 11) is 1.30. The summed E-state index contributed by atoms with van der Waals surface area (Å²) < 4.78 is 27.3. The van der Waals surface area contributed by atoms with Gasteiger partial charge in [0.1, 0.15) is 10.6 Å². The second-order valence-electron chi connectivity index (χ2n) is 2.88. The summed E-state index contributed by atoms with van der Waals surface area (Å²) >= 11 is 0. The van der Waals surface area contributed by atoms with E-state index in [1.807, 2.05) is 0 Å². The minimum Gasteiger partial charge on any atom is -0.492 e. The molecule has 1 aromatic carbocycles. The third-order valence-electron chi connectivity index (χ3n) is 1.69. The molecule has 0 aliphatic heterocycles. The summed E-state index contributed by atoms with van der Waals surface area (Å²) in [6, 6.07) is 5.77. The monoisotopic (exact) mass is 264 g/mol. The lowest BCUT2D eigenvalue weighted by Crippen LogP contribution is -2.06. The number of ether oxygens (including phenoxy) is 1. The number of carbonyl (C=O) groups is 1. The zero-order valence-electron chi connectivity index (χ0n) is 8.09. The molecule has 7 heteroatoms. The van der Waals surface area contributed by atoms with Crippen LogP contribution in [0.25, 0.3) is 0 Å². The van der Waals surface area contributed by atoms with E-state index < -0.39 is 15.0 Å². The van der Waals surface area contributed by atoms with Gasteiger partial charge >= 0.3 is 5.97 Å².